The Balaban J connectivity index is 2.19. The second-order valence-corrected chi connectivity index (χ2v) is 5.03. The first-order chi connectivity index (χ1) is 9.62. The van der Waals surface area contributed by atoms with Crippen molar-refractivity contribution >= 4 is 5.69 Å². The zero-order valence-corrected chi connectivity index (χ0v) is 12.2. The van der Waals surface area contributed by atoms with Gasteiger partial charge in [-0.25, -0.2) is 0 Å². The van der Waals surface area contributed by atoms with Crippen LogP contribution in [0.1, 0.15) is 22.7 Å². The number of aliphatic hydroxyl groups excluding tert-OH is 1. The standard InChI is InChI=1S/C17H21NO2/c1-12-8-13(2)10-14(9-12)17(11-19)18-15-4-6-16(20-3)7-5-15/h4-10,17-19H,11H2,1-3H3. The SMILES string of the molecule is COc1ccc(NC(CO)c2cc(C)cc(C)c2)cc1. The summed E-state index contributed by atoms with van der Waals surface area (Å²) in [4.78, 5) is 0. The van der Waals surface area contributed by atoms with Gasteiger partial charge in [0, 0.05) is 5.69 Å². The first-order valence-corrected chi connectivity index (χ1v) is 6.72. The van der Waals surface area contributed by atoms with Gasteiger partial charge in [0.2, 0.25) is 0 Å². The fourth-order valence-corrected chi connectivity index (χ4v) is 2.33. The van der Waals surface area contributed by atoms with Crippen LogP contribution >= 0.6 is 0 Å². The molecule has 0 amide bonds. The number of anilines is 1. The third kappa shape index (κ3) is 3.52. The lowest BCUT2D eigenvalue weighted by molar-refractivity contribution is 0.276. The molecular weight excluding hydrogens is 250 g/mol. The first-order valence-electron chi connectivity index (χ1n) is 6.72. The van der Waals surface area contributed by atoms with E-state index in [0.29, 0.717) is 0 Å². The van der Waals surface area contributed by atoms with E-state index in [0.717, 1.165) is 17.0 Å². The van der Waals surface area contributed by atoms with Crippen LogP contribution in [0.3, 0.4) is 0 Å². The monoisotopic (exact) mass is 271 g/mol. The zero-order valence-electron chi connectivity index (χ0n) is 12.2. The summed E-state index contributed by atoms with van der Waals surface area (Å²) in [6.45, 7) is 4.19. The Morgan fingerprint density at radius 3 is 2.15 bits per heavy atom. The Morgan fingerprint density at radius 1 is 1.05 bits per heavy atom. The molecule has 0 aromatic heterocycles. The third-order valence-corrected chi connectivity index (χ3v) is 3.26. The summed E-state index contributed by atoms with van der Waals surface area (Å²) in [5, 5.41) is 13.0. The predicted octanol–water partition coefficient (Wildman–Crippen LogP) is 3.46. The molecule has 0 saturated carbocycles. The van der Waals surface area contributed by atoms with Crippen molar-refractivity contribution in [2.45, 2.75) is 19.9 Å². The van der Waals surface area contributed by atoms with Crippen LogP contribution in [0.4, 0.5) is 5.69 Å². The van der Waals surface area contributed by atoms with E-state index in [4.69, 9.17) is 4.74 Å². The molecule has 2 aromatic rings. The fraction of sp³-hybridized carbons (Fsp3) is 0.294. The number of hydrogen-bond donors (Lipinski definition) is 2. The molecule has 0 fully saturated rings. The van der Waals surface area contributed by atoms with E-state index in [9.17, 15) is 5.11 Å². The highest BCUT2D eigenvalue weighted by Crippen LogP contribution is 2.23. The molecule has 0 radical (unpaired) electrons. The Kier molecular flexibility index (Phi) is 4.64. The second-order valence-electron chi connectivity index (χ2n) is 5.03. The van der Waals surface area contributed by atoms with Crippen LogP contribution in [0.5, 0.6) is 5.75 Å². The Morgan fingerprint density at radius 2 is 1.65 bits per heavy atom. The molecule has 2 aromatic carbocycles. The lowest BCUT2D eigenvalue weighted by Gasteiger charge is -2.19. The molecule has 0 aliphatic carbocycles. The van der Waals surface area contributed by atoms with E-state index in [-0.39, 0.29) is 12.6 Å². The molecule has 1 unspecified atom stereocenters. The van der Waals surface area contributed by atoms with Crippen LogP contribution in [-0.2, 0) is 0 Å². The second kappa shape index (κ2) is 6.44. The Hall–Kier alpha value is -2.00. The Labute approximate surface area is 120 Å². The molecule has 2 N–H and O–H groups in total. The van der Waals surface area contributed by atoms with Gasteiger partial charge in [-0.05, 0) is 43.7 Å². The lowest BCUT2D eigenvalue weighted by atomic mass is 10.0. The van der Waals surface area contributed by atoms with Crippen LogP contribution in [0, 0.1) is 13.8 Å². The van der Waals surface area contributed by atoms with Crippen molar-refractivity contribution in [1.82, 2.24) is 0 Å². The van der Waals surface area contributed by atoms with E-state index in [1.807, 2.05) is 24.3 Å². The van der Waals surface area contributed by atoms with Crippen molar-refractivity contribution in [3.05, 3.63) is 59.2 Å². The van der Waals surface area contributed by atoms with Gasteiger partial charge in [0.05, 0.1) is 19.8 Å². The van der Waals surface area contributed by atoms with Gasteiger partial charge in [0.15, 0.2) is 0 Å². The molecule has 2 rings (SSSR count). The minimum Gasteiger partial charge on any atom is -0.497 e. The highest BCUT2D eigenvalue weighted by atomic mass is 16.5. The van der Waals surface area contributed by atoms with Crippen molar-refractivity contribution < 1.29 is 9.84 Å². The first kappa shape index (κ1) is 14.4. The van der Waals surface area contributed by atoms with Crippen LogP contribution < -0.4 is 10.1 Å². The van der Waals surface area contributed by atoms with Crippen molar-refractivity contribution in [2.75, 3.05) is 19.0 Å². The topological polar surface area (TPSA) is 41.5 Å². The number of methoxy groups -OCH3 is 1. The molecule has 0 aliphatic rings. The summed E-state index contributed by atoms with van der Waals surface area (Å²) in [7, 11) is 1.65. The summed E-state index contributed by atoms with van der Waals surface area (Å²) in [6, 6.07) is 13.9. The van der Waals surface area contributed by atoms with Crippen LogP contribution in [0.2, 0.25) is 0 Å². The van der Waals surface area contributed by atoms with Gasteiger partial charge < -0.3 is 15.2 Å². The average molecular weight is 271 g/mol. The number of hydrogen-bond acceptors (Lipinski definition) is 3. The van der Waals surface area contributed by atoms with Crippen molar-refractivity contribution in [3.63, 3.8) is 0 Å². The fourth-order valence-electron chi connectivity index (χ4n) is 2.33. The number of benzene rings is 2. The van der Waals surface area contributed by atoms with E-state index in [1.165, 1.54) is 11.1 Å². The number of aryl methyl sites for hydroxylation is 2. The maximum atomic E-state index is 9.64. The van der Waals surface area contributed by atoms with Gasteiger partial charge >= 0.3 is 0 Å². The largest absolute Gasteiger partial charge is 0.497 e. The minimum absolute atomic E-state index is 0.0505. The van der Waals surface area contributed by atoms with Gasteiger partial charge in [0.25, 0.3) is 0 Å². The summed E-state index contributed by atoms with van der Waals surface area (Å²) >= 11 is 0. The number of rotatable bonds is 5. The molecule has 3 nitrogen and oxygen atoms in total. The van der Waals surface area contributed by atoms with Gasteiger partial charge in [-0.15, -0.1) is 0 Å². The molecule has 0 heterocycles. The van der Waals surface area contributed by atoms with Crippen molar-refractivity contribution in [1.29, 1.82) is 0 Å². The highest BCUT2D eigenvalue weighted by molar-refractivity contribution is 5.48. The maximum Gasteiger partial charge on any atom is 0.119 e. The summed E-state index contributed by atoms with van der Waals surface area (Å²) in [6.07, 6.45) is 0. The van der Waals surface area contributed by atoms with Gasteiger partial charge in [0.1, 0.15) is 5.75 Å². The molecule has 3 heteroatoms. The average Bonchev–Trinajstić information content (AvgIpc) is 2.44. The summed E-state index contributed by atoms with van der Waals surface area (Å²) in [5.74, 6) is 0.822. The third-order valence-electron chi connectivity index (χ3n) is 3.26. The van der Waals surface area contributed by atoms with Crippen LogP contribution in [0.25, 0.3) is 0 Å². The summed E-state index contributed by atoms with van der Waals surface area (Å²) < 4.78 is 5.14. The molecule has 106 valence electrons. The number of aliphatic hydroxyl groups is 1. The Bertz CT molecular complexity index is 543. The van der Waals surface area contributed by atoms with E-state index >= 15 is 0 Å². The normalized spacial score (nSPS) is 12.0. The lowest BCUT2D eigenvalue weighted by Crippen LogP contribution is -2.15. The predicted molar refractivity (Wildman–Crippen MR) is 82.4 cm³/mol. The highest BCUT2D eigenvalue weighted by Gasteiger charge is 2.11. The van der Waals surface area contributed by atoms with Crippen molar-refractivity contribution in [2.24, 2.45) is 0 Å². The molecule has 0 saturated heterocycles. The van der Waals surface area contributed by atoms with E-state index in [1.54, 1.807) is 7.11 Å². The van der Waals surface area contributed by atoms with Gasteiger partial charge in [-0.2, -0.15) is 0 Å². The molecule has 20 heavy (non-hydrogen) atoms. The molecule has 1 atom stereocenters. The van der Waals surface area contributed by atoms with E-state index < -0.39 is 0 Å². The van der Waals surface area contributed by atoms with Gasteiger partial charge in [-0.3, -0.25) is 0 Å². The molecule has 0 spiro atoms. The van der Waals surface area contributed by atoms with E-state index in [2.05, 4.69) is 37.4 Å². The smallest absolute Gasteiger partial charge is 0.119 e. The summed E-state index contributed by atoms with van der Waals surface area (Å²) in [5.41, 5.74) is 4.47. The maximum absolute atomic E-state index is 9.64. The minimum atomic E-state index is -0.109. The quantitative estimate of drug-likeness (QED) is 0.875. The van der Waals surface area contributed by atoms with Crippen LogP contribution in [-0.4, -0.2) is 18.8 Å². The van der Waals surface area contributed by atoms with Crippen molar-refractivity contribution in [3.8, 4) is 5.75 Å². The number of ether oxygens (including phenoxy) is 1. The van der Waals surface area contributed by atoms with Gasteiger partial charge in [-0.1, -0.05) is 29.3 Å². The van der Waals surface area contributed by atoms with Crippen LogP contribution in [0.15, 0.2) is 42.5 Å². The number of nitrogens with one attached hydrogen (secondary N) is 1. The molecule has 0 bridgehead atoms. The molecular formula is C17H21NO2. The zero-order chi connectivity index (χ0) is 14.5. The molecule has 0 aliphatic heterocycles.